The summed E-state index contributed by atoms with van der Waals surface area (Å²) in [6.07, 6.45) is 0.888. The topological polar surface area (TPSA) is 62.4 Å². The van der Waals surface area contributed by atoms with E-state index in [1.807, 2.05) is 36.4 Å². The summed E-state index contributed by atoms with van der Waals surface area (Å²) >= 11 is 8.52. The van der Waals surface area contributed by atoms with Crippen molar-refractivity contribution >= 4 is 44.9 Å². The third kappa shape index (κ3) is 5.82. The van der Waals surface area contributed by atoms with Crippen molar-refractivity contribution in [3.8, 4) is 5.75 Å². The van der Waals surface area contributed by atoms with Crippen molar-refractivity contribution in [3.05, 3.63) is 58.6 Å². The summed E-state index contributed by atoms with van der Waals surface area (Å²) in [6.45, 7) is 1.95. The molecular weight excluding hydrogens is 390 g/mol. The maximum atomic E-state index is 11.8. The molecule has 0 aliphatic heterocycles. The van der Waals surface area contributed by atoms with Gasteiger partial charge in [0, 0.05) is 10.2 Å². The van der Waals surface area contributed by atoms with E-state index in [2.05, 4.69) is 39.0 Å². The number of thiocarbonyl (C=S) groups is 1. The predicted molar refractivity (Wildman–Crippen MR) is 103 cm³/mol. The van der Waals surface area contributed by atoms with Gasteiger partial charge in [0.2, 0.25) is 0 Å². The number of para-hydroxylation sites is 1. The maximum absolute atomic E-state index is 11.8. The highest BCUT2D eigenvalue weighted by atomic mass is 79.9. The molecule has 0 saturated heterocycles. The van der Waals surface area contributed by atoms with Crippen LogP contribution >= 0.6 is 28.1 Å². The molecule has 0 bridgehead atoms. The molecule has 0 fully saturated rings. The zero-order valence-corrected chi connectivity index (χ0v) is 15.5. The fourth-order valence-electron chi connectivity index (χ4n) is 1.97. The van der Waals surface area contributed by atoms with Gasteiger partial charge in [-0.15, -0.1) is 0 Å². The quantitative estimate of drug-likeness (QED) is 0.523. The molecule has 0 aliphatic carbocycles. The largest absolute Gasteiger partial charge is 0.484 e. The van der Waals surface area contributed by atoms with E-state index >= 15 is 0 Å². The van der Waals surface area contributed by atoms with E-state index in [1.165, 1.54) is 0 Å². The lowest BCUT2D eigenvalue weighted by Crippen LogP contribution is -2.45. The normalized spacial score (nSPS) is 9.92. The molecule has 0 saturated carbocycles. The molecule has 0 aromatic heterocycles. The molecule has 3 N–H and O–H groups in total. The molecule has 0 atom stereocenters. The fraction of sp³-hybridized carbons (Fsp3) is 0.176. The van der Waals surface area contributed by atoms with Crippen LogP contribution in [0.15, 0.2) is 53.0 Å². The Labute approximate surface area is 154 Å². The fourth-order valence-corrected chi connectivity index (χ4v) is 2.51. The van der Waals surface area contributed by atoms with E-state index in [0.29, 0.717) is 10.9 Å². The number of benzene rings is 2. The zero-order valence-electron chi connectivity index (χ0n) is 13.1. The molecule has 2 aromatic carbocycles. The first kappa shape index (κ1) is 18.2. The Kier molecular flexibility index (Phi) is 7.02. The summed E-state index contributed by atoms with van der Waals surface area (Å²) in [5, 5.41) is 3.37. The Morgan fingerprint density at radius 2 is 1.96 bits per heavy atom. The number of halogens is 1. The lowest BCUT2D eigenvalue weighted by molar-refractivity contribution is -0.123. The van der Waals surface area contributed by atoms with Gasteiger partial charge in [0.15, 0.2) is 11.7 Å². The monoisotopic (exact) mass is 407 g/mol. The van der Waals surface area contributed by atoms with Crippen molar-refractivity contribution in [2.75, 3.05) is 11.9 Å². The van der Waals surface area contributed by atoms with Crippen LogP contribution < -0.4 is 20.9 Å². The van der Waals surface area contributed by atoms with Crippen LogP contribution in [-0.4, -0.2) is 17.6 Å². The van der Waals surface area contributed by atoms with E-state index in [9.17, 15) is 4.79 Å². The van der Waals surface area contributed by atoms with Gasteiger partial charge in [-0.3, -0.25) is 15.6 Å². The standard InChI is InChI=1S/C17H18BrN3O2S/c1-2-12-6-3-4-9-15(12)19-17(24)21-20-16(22)11-23-14-8-5-7-13(18)10-14/h3-10H,2,11H2,1H3,(H,20,22)(H2,19,21,24). The molecule has 126 valence electrons. The SMILES string of the molecule is CCc1ccccc1NC(=S)NNC(=O)COc1cccc(Br)c1. The van der Waals surface area contributed by atoms with E-state index < -0.39 is 0 Å². The van der Waals surface area contributed by atoms with E-state index in [1.54, 1.807) is 12.1 Å². The third-order valence-corrected chi connectivity index (χ3v) is 3.83. The second-order valence-electron chi connectivity index (χ2n) is 4.88. The lowest BCUT2D eigenvalue weighted by Gasteiger charge is -2.14. The summed E-state index contributed by atoms with van der Waals surface area (Å²) in [6, 6.07) is 15.1. The number of carbonyl (C=O) groups is 1. The molecule has 2 rings (SSSR count). The van der Waals surface area contributed by atoms with Crippen LogP contribution in [0.4, 0.5) is 5.69 Å². The van der Waals surface area contributed by atoms with Crippen LogP contribution in [0.2, 0.25) is 0 Å². The second kappa shape index (κ2) is 9.24. The van der Waals surface area contributed by atoms with Crippen molar-refractivity contribution in [2.24, 2.45) is 0 Å². The Hall–Kier alpha value is -2.12. The molecule has 5 nitrogen and oxygen atoms in total. The molecule has 0 radical (unpaired) electrons. The van der Waals surface area contributed by atoms with E-state index in [4.69, 9.17) is 17.0 Å². The van der Waals surface area contributed by atoms with Crippen LogP contribution in [0, 0.1) is 0 Å². The van der Waals surface area contributed by atoms with Crippen LogP contribution in [0.25, 0.3) is 0 Å². The molecule has 0 aliphatic rings. The van der Waals surface area contributed by atoms with Gasteiger partial charge >= 0.3 is 0 Å². The maximum Gasteiger partial charge on any atom is 0.276 e. The Morgan fingerprint density at radius 3 is 2.71 bits per heavy atom. The van der Waals surface area contributed by atoms with Gasteiger partial charge in [-0.25, -0.2) is 0 Å². The molecule has 7 heteroatoms. The van der Waals surface area contributed by atoms with Gasteiger partial charge in [0.05, 0.1) is 0 Å². The van der Waals surface area contributed by atoms with Crippen LogP contribution in [0.5, 0.6) is 5.75 Å². The Morgan fingerprint density at radius 1 is 1.17 bits per heavy atom. The molecule has 0 unspecified atom stereocenters. The molecule has 0 spiro atoms. The molecule has 2 aromatic rings. The second-order valence-corrected chi connectivity index (χ2v) is 6.21. The van der Waals surface area contributed by atoms with Crippen molar-refractivity contribution < 1.29 is 9.53 Å². The van der Waals surface area contributed by atoms with E-state index in [-0.39, 0.29) is 12.5 Å². The highest BCUT2D eigenvalue weighted by Crippen LogP contribution is 2.17. The molecule has 24 heavy (non-hydrogen) atoms. The van der Waals surface area contributed by atoms with Crippen molar-refractivity contribution in [2.45, 2.75) is 13.3 Å². The van der Waals surface area contributed by atoms with Crippen LogP contribution in [0.3, 0.4) is 0 Å². The number of ether oxygens (including phenoxy) is 1. The first-order valence-corrected chi connectivity index (χ1v) is 8.60. The minimum absolute atomic E-state index is 0.113. The zero-order chi connectivity index (χ0) is 17.4. The summed E-state index contributed by atoms with van der Waals surface area (Å²) in [4.78, 5) is 11.8. The average molecular weight is 408 g/mol. The number of hydrogen-bond donors (Lipinski definition) is 3. The van der Waals surface area contributed by atoms with Crippen molar-refractivity contribution in [1.29, 1.82) is 0 Å². The molecule has 0 heterocycles. The Bertz CT molecular complexity index is 724. The smallest absolute Gasteiger partial charge is 0.276 e. The Balaban J connectivity index is 1.76. The van der Waals surface area contributed by atoms with Crippen LogP contribution in [-0.2, 0) is 11.2 Å². The number of carbonyl (C=O) groups excluding carboxylic acids is 1. The van der Waals surface area contributed by atoms with Gasteiger partial charge in [-0.05, 0) is 48.5 Å². The van der Waals surface area contributed by atoms with Gasteiger partial charge in [-0.2, -0.15) is 0 Å². The summed E-state index contributed by atoms with van der Waals surface area (Å²) in [7, 11) is 0. The highest BCUT2D eigenvalue weighted by molar-refractivity contribution is 9.10. The summed E-state index contributed by atoms with van der Waals surface area (Å²) in [5.74, 6) is 0.278. The number of aryl methyl sites for hydroxylation is 1. The number of rotatable bonds is 5. The van der Waals surface area contributed by atoms with E-state index in [0.717, 1.165) is 22.1 Å². The minimum atomic E-state index is -0.331. The minimum Gasteiger partial charge on any atom is -0.484 e. The van der Waals surface area contributed by atoms with Crippen molar-refractivity contribution in [1.82, 2.24) is 10.9 Å². The van der Waals surface area contributed by atoms with Gasteiger partial charge in [-0.1, -0.05) is 47.1 Å². The summed E-state index contributed by atoms with van der Waals surface area (Å²) in [5.41, 5.74) is 7.22. The summed E-state index contributed by atoms with van der Waals surface area (Å²) < 4.78 is 6.28. The van der Waals surface area contributed by atoms with Gasteiger partial charge in [0.25, 0.3) is 5.91 Å². The third-order valence-electron chi connectivity index (χ3n) is 3.13. The highest BCUT2D eigenvalue weighted by Gasteiger charge is 2.05. The number of hydrogen-bond acceptors (Lipinski definition) is 3. The first-order valence-electron chi connectivity index (χ1n) is 7.40. The number of hydrazine groups is 1. The number of nitrogens with one attached hydrogen (secondary N) is 3. The predicted octanol–water partition coefficient (Wildman–Crippen LogP) is 3.41. The number of amides is 1. The van der Waals surface area contributed by atoms with Gasteiger partial charge < -0.3 is 10.1 Å². The molecule has 1 amide bonds. The van der Waals surface area contributed by atoms with Crippen molar-refractivity contribution in [3.63, 3.8) is 0 Å². The number of anilines is 1. The van der Waals surface area contributed by atoms with Crippen LogP contribution in [0.1, 0.15) is 12.5 Å². The average Bonchev–Trinajstić information content (AvgIpc) is 2.58. The first-order chi connectivity index (χ1) is 11.6. The lowest BCUT2D eigenvalue weighted by atomic mass is 10.1. The molecular formula is C17H18BrN3O2S. The van der Waals surface area contributed by atoms with Gasteiger partial charge in [0.1, 0.15) is 5.75 Å².